The molecule has 0 N–H and O–H groups in total. The van der Waals surface area contributed by atoms with E-state index in [0.29, 0.717) is 11.6 Å². The molecule has 0 spiro atoms. The van der Waals surface area contributed by atoms with Gasteiger partial charge in [0, 0.05) is 12.4 Å². The normalized spacial score (nSPS) is 12.1. The second-order valence-corrected chi connectivity index (χ2v) is 5.41. The largest absolute Gasteiger partial charge is 0.467 e. The number of rotatable bonds is 4. The van der Waals surface area contributed by atoms with E-state index in [1.165, 1.54) is 7.11 Å². The number of aryl methyl sites for hydroxylation is 2. The van der Waals surface area contributed by atoms with E-state index in [1.807, 2.05) is 50.2 Å². The van der Waals surface area contributed by atoms with Crippen LogP contribution in [0.2, 0.25) is 0 Å². The molecular formula is C18H18N2O3. The van der Waals surface area contributed by atoms with Crippen LogP contribution >= 0.6 is 0 Å². The number of esters is 1. The molecule has 0 aliphatic carbocycles. The van der Waals surface area contributed by atoms with Crippen molar-refractivity contribution in [1.29, 1.82) is 0 Å². The number of hydrogen-bond acceptors (Lipinski definition) is 4. The third-order valence-corrected chi connectivity index (χ3v) is 3.69. The summed E-state index contributed by atoms with van der Waals surface area (Å²) in [5.74, 6) is 1.65. The predicted molar refractivity (Wildman–Crippen MR) is 86.0 cm³/mol. The number of carbonyl (C=O) groups excluding carboxylic acids is 1. The Hall–Kier alpha value is -2.82. The summed E-state index contributed by atoms with van der Waals surface area (Å²) in [6, 6.07) is 10.9. The minimum absolute atomic E-state index is 0.349. The SMILES string of the molecule is COC(=O)[C@@H](c1cccc(C)c1)n1ccnc1-c1ccc(C)o1. The molecule has 23 heavy (non-hydrogen) atoms. The van der Waals surface area contributed by atoms with Crippen LogP contribution in [0.15, 0.2) is 53.2 Å². The third kappa shape index (κ3) is 2.90. The monoisotopic (exact) mass is 310 g/mol. The molecule has 3 aromatic rings. The molecule has 0 saturated carbocycles. The standard InChI is InChI=1S/C18H18N2O3/c1-12-5-4-6-14(11-12)16(18(21)22-3)20-10-9-19-17(20)15-8-7-13(2)23-15/h4-11,16H,1-3H3/t16-/m1/s1. The molecule has 118 valence electrons. The molecular weight excluding hydrogens is 292 g/mol. The van der Waals surface area contributed by atoms with Gasteiger partial charge in [-0.2, -0.15) is 0 Å². The van der Waals surface area contributed by atoms with Crippen LogP contribution in [0.4, 0.5) is 0 Å². The van der Waals surface area contributed by atoms with Gasteiger partial charge in [-0.15, -0.1) is 0 Å². The van der Waals surface area contributed by atoms with Crippen LogP contribution in [0.25, 0.3) is 11.6 Å². The van der Waals surface area contributed by atoms with E-state index in [2.05, 4.69) is 4.98 Å². The lowest BCUT2D eigenvalue weighted by atomic mass is 10.0. The quantitative estimate of drug-likeness (QED) is 0.692. The van der Waals surface area contributed by atoms with Crippen LogP contribution < -0.4 is 0 Å². The van der Waals surface area contributed by atoms with E-state index in [1.54, 1.807) is 17.0 Å². The van der Waals surface area contributed by atoms with E-state index in [0.717, 1.165) is 16.9 Å². The zero-order valence-electron chi connectivity index (χ0n) is 13.3. The Balaban J connectivity index is 2.12. The Morgan fingerprint density at radius 1 is 1.26 bits per heavy atom. The van der Waals surface area contributed by atoms with Crippen LogP contribution in [0.1, 0.15) is 22.9 Å². The summed E-state index contributed by atoms with van der Waals surface area (Å²) in [5.41, 5.74) is 1.92. The minimum Gasteiger partial charge on any atom is -0.467 e. The van der Waals surface area contributed by atoms with Crippen LogP contribution in [0, 0.1) is 13.8 Å². The molecule has 0 unspecified atom stereocenters. The van der Waals surface area contributed by atoms with Crippen molar-refractivity contribution in [2.24, 2.45) is 0 Å². The number of imidazole rings is 1. The molecule has 5 nitrogen and oxygen atoms in total. The van der Waals surface area contributed by atoms with Crippen LogP contribution in [0.3, 0.4) is 0 Å². The first-order chi connectivity index (χ1) is 11.1. The summed E-state index contributed by atoms with van der Waals surface area (Å²) < 4.78 is 12.4. The molecule has 0 aliphatic rings. The molecule has 0 saturated heterocycles. The van der Waals surface area contributed by atoms with Crippen molar-refractivity contribution in [2.75, 3.05) is 7.11 Å². The van der Waals surface area contributed by atoms with E-state index in [9.17, 15) is 4.79 Å². The highest BCUT2D eigenvalue weighted by Crippen LogP contribution is 2.28. The number of furan rings is 1. The highest BCUT2D eigenvalue weighted by molar-refractivity contribution is 5.79. The molecule has 2 aromatic heterocycles. The Kier molecular flexibility index (Phi) is 4.02. The van der Waals surface area contributed by atoms with Gasteiger partial charge in [-0.25, -0.2) is 9.78 Å². The molecule has 0 radical (unpaired) electrons. The number of carbonyl (C=O) groups is 1. The maximum Gasteiger partial charge on any atom is 0.333 e. The van der Waals surface area contributed by atoms with Gasteiger partial charge in [-0.05, 0) is 31.5 Å². The summed E-state index contributed by atoms with van der Waals surface area (Å²) in [6.07, 6.45) is 3.41. The molecule has 0 fully saturated rings. The fourth-order valence-corrected chi connectivity index (χ4v) is 2.63. The average Bonchev–Trinajstić information content (AvgIpc) is 3.16. The third-order valence-electron chi connectivity index (χ3n) is 3.69. The molecule has 1 aromatic carbocycles. The second kappa shape index (κ2) is 6.12. The lowest BCUT2D eigenvalue weighted by molar-refractivity contribution is -0.143. The van der Waals surface area contributed by atoms with Gasteiger partial charge in [-0.3, -0.25) is 0 Å². The Morgan fingerprint density at radius 2 is 2.09 bits per heavy atom. The van der Waals surface area contributed by atoms with Crippen molar-refractivity contribution in [1.82, 2.24) is 9.55 Å². The van der Waals surface area contributed by atoms with Crippen LogP contribution in [-0.4, -0.2) is 22.6 Å². The number of aromatic nitrogens is 2. The maximum absolute atomic E-state index is 12.4. The Bertz CT molecular complexity index is 832. The summed E-state index contributed by atoms with van der Waals surface area (Å²) in [5, 5.41) is 0. The first-order valence-corrected chi connectivity index (χ1v) is 7.34. The lowest BCUT2D eigenvalue weighted by Crippen LogP contribution is -2.22. The van der Waals surface area contributed by atoms with Gasteiger partial charge in [0.25, 0.3) is 0 Å². The van der Waals surface area contributed by atoms with Crippen molar-refractivity contribution in [3.05, 3.63) is 65.7 Å². The predicted octanol–water partition coefficient (Wildman–Crippen LogP) is 3.52. The number of benzene rings is 1. The van der Waals surface area contributed by atoms with Crippen molar-refractivity contribution in [2.45, 2.75) is 19.9 Å². The minimum atomic E-state index is -0.609. The van der Waals surface area contributed by atoms with Crippen molar-refractivity contribution < 1.29 is 13.9 Å². The number of nitrogens with zero attached hydrogens (tertiary/aromatic N) is 2. The van der Waals surface area contributed by atoms with E-state index in [4.69, 9.17) is 9.15 Å². The van der Waals surface area contributed by atoms with Gasteiger partial charge < -0.3 is 13.7 Å². The topological polar surface area (TPSA) is 57.3 Å². The van der Waals surface area contributed by atoms with Crippen molar-refractivity contribution in [3.63, 3.8) is 0 Å². The Morgan fingerprint density at radius 3 is 2.74 bits per heavy atom. The van der Waals surface area contributed by atoms with Crippen LogP contribution in [0.5, 0.6) is 0 Å². The average molecular weight is 310 g/mol. The van der Waals surface area contributed by atoms with Gasteiger partial charge in [0.15, 0.2) is 17.6 Å². The van der Waals surface area contributed by atoms with Gasteiger partial charge >= 0.3 is 5.97 Å². The fraction of sp³-hybridized carbons (Fsp3) is 0.222. The van der Waals surface area contributed by atoms with Crippen LogP contribution in [-0.2, 0) is 9.53 Å². The second-order valence-electron chi connectivity index (χ2n) is 5.41. The number of ether oxygens (including phenoxy) is 1. The first-order valence-electron chi connectivity index (χ1n) is 7.34. The van der Waals surface area contributed by atoms with E-state index < -0.39 is 6.04 Å². The maximum atomic E-state index is 12.4. The van der Waals surface area contributed by atoms with E-state index in [-0.39, 0.29) is 5.97 Å². The first kappa shape index (κ1) is 15.1. The zero-order chi connectivity index (χ0) is 16.4. The van der Waals surface area contributed by atoms with Crippen molar-refractivity contribution >= 4 is 5.97 Å². The van der Waals surface area contributed by atoms with Crippen molar-refractivity contribution in [3.8, 4) is 11.6 Å². The molecule has 3 rings (SSSR count). The molecule has 5 heteroatoms. The molecule has 0 amide bonds. The highest BCUT2D eigenvalue weighted by atomic mass is 16.5. The molecule has 0 bridgehead atoms. The summed E-state index contributed by atoms with van der Waals surface area (Å²) in [7, 11) is 1.39. The Labute approximate surface area is 134 Å². The smallest absolute Gasteiger partial charge is 0.333 e. The van der Waals surface area contributed by atoms with Gasteiger partial charge in [0.1, 0.15) is 5.76 Å². The van der Waals surface area contributed by atoms with E-state index >= 15 is 0 Å². The van der Waals surface area contributed by atoms with Gasteiger partial charge in [-0.1, -0.05) is 29.8 Å². The summed E-state index contributed by atoms with van der Waals surface area (Å²) >= 11 is 0. The lowest BCUT2D eigenvalue weighted by Gasteiger charge is -2.19. The summed E-state index contributed by atoms with van der Waals surface area (Å²) in [4.78, 5) is 16.8. The van der Waals surface area contributed by atoms with Gasteiger partial charge in [0.05, 0.1) is 7.11 Å². The summed E-state index contributed by atoms with van der Waals surface area (Å²) in [6.45, 7) is 3.86. The van der Waals surface area contributed by atoms with Gasteiger partial charge in [0.2, 0.25) is 0 Å². The highest BCUT2D eigenvalue weighted by Gasteiger charge is 2.27. The fourth-order valence-electron chi connectivity index (χ4n) is 2.63. The molecule has 1 atom stereocenters. The molecule has 0 aliphatic heterocycles. The zero-order valence-corrected chi connectivity index (χ0v) is 13.3. The number of methoxy groups -OCH3 is 1. The number of hydrogen-bond donors (Lipinski definition) is 0. The molecule has 2 heterocycles.